The van der Waals surface area contributed by atoms with Gasteiger partial charge in [0.1, 0.15) is 0 Å². The van der Waals surface area contributed by atoms with Gasteiger partial charge in [0, 0.05) is 14.9 Å². The third-order valence-corrected chi connectivity index (χ3v) is 3.58. The first kappa shape index (κ1) is 10.2. The zero-order valence-corrected chi connectivity index (χ0v) is 10.6. The first-order valence-electron chi connectivity index (χ1n) is 4.46. The molecular formula is C12H10IS. The second-order valence-corrected chi connectivity index (χ2v) is 5.28. The van der Waals surface area contributed by atoms with Gasteiger partial charge in [-0.2, -0.15) is 0 Å². The van der Waals surface area contributed by atoms with Gasteiger partial charge in [-0.1, -0.05) is 18.2 Å². The van der Waals surface area contributed by atoms with Crippen molar-refractivity contribution >= 4 is 33.9 Å². The Balaban J connectivity index is 1.95. The monoisotopic (exact) mass is 313 g/mol. The number of hydrogen-bond donors (Lipinski definition) is 0. The van der Waals surface area contributed by atoms with Gasteiger partial charge in [-0.05, 0) is 58.2 Å². The van der Waals surface area contributed by atoms with Crippen LogP contribution in [0.1, 0.15) is 10.4 Å². The SMILES string of the molecule is Ic1ccc(C[CH]c2cccs2)cc1. The van der Waals surface area contributed by atoms with E-state index in [1.54, 1.807) is 11.3 Å². The van der Waals surface area contributed by atoms with E-state index in [9.17, 15) is 0 Å². The van der Waals surface area contributed by atoms with Crippen LogP contribution < -0.4 is 0 Å². The van der Waals surface area contributed by atoms with Crippen molar-refractivity contribution in [2.75, 3.05) is 0 Å². The highest BCUT2D eigenvalue weighted by Gasteiger charge is 1.96. The molecule has 0 bridgehead atoms. The van der Waals surface area contributed by atoms with Gasteiger partial charge in [0.15, 0.2) is 0 Å². The fourth-order valence-electron chi connectivity index (χ4n) is 1.25. The van der Waals surface area contributed by atoms with Gasteiger partial charge >= 0.3 is 0 Å². The molecule has 0 aliphatic heterocycles. The van der Waals surface area contributed by atoms with Crippen LogP contribution in [0, 0.1) is 9.99 Å². The molecule has 1 radical (unpaired) electrons. The van der Waals surface area contributed by atoms with Crippen LogP contribution in [0.2, 0.25) is 0 Å². The third-order valence-electron chi connectivity index (χ3n) is 2.00. The zero-order chi connectivity index (χ0) is 9.80. The molecule has 0 spiro atoms. The molecule has 1 heterocycles. The van der Waals surface area contributed by atoms with Crippen LogP contribution in [0.4, 0.5) is 0 Å². The Morgan fingerprint density at radius 1 is 1.14 bits per heavy atom. The van der Waals surface area contributed by atoms with Gasteiger partial charge in [-0.15, -0.1) is 11.3 Å². The molecule has 2 aromatic rings. The second-order valence-electron chi connectivity index (χ2n) is 3.05. The smallest absolute Gasteiger partial charge is 0.0130 e. The number of thiophene rings is 1. The summed E-state index contributed by atoms with van der Waals surface area (Å²) in [6.07, 6.45) is 3.30. The van der Waals surface area contributed by atoms with Crippen molar-refractivity contribution in [2.45, 2.75) is 6.42 Å². The fourth-order valence-corrected chi connectivity index (χ4v) is 2.26. The Morgan fingerprint density at radius 3 is 2.57 bits per heavy atom. The highest BCUT2D eigenvalue weighted by Crippen LogP contribution is 2.15. The highest BCUT2D eigenvalue weighted by atomic mass is 127. The van der Waals surface area contributed by atoms with E-state index in [2.05, 4.69) is 70.8 Å². The standard InChI is InChI=1S/C12H10IS/c13-11-6-3-10(4-7-11)5-8-12-2-1-9-14-12/h1-4,6-9H,5H2. The van der Waals surface area contributed by atoms with Gasteiger partial charge in [-0.25, -0.2) is 0 Å². The molecule has 0 aliphatic carbocycles. The van der Waals surface area contributed by atoms with Crippen molar-refractivity contribution < 1.29 is 0 Å². The van der Waals surface area contributed by atoms with Crippen LogP contribution in [0.25, 0.3) is 0 Å². The maximum Gasteiger partial charge on any atom is 0.0130 e. The molecule has 0 saturated carbocycles. The largest absolute Gasteiger partial charge is 0.149 e. The molecule has 0 unspecified atom stereocenters. The second kappa shape index (κ2) is 4.94. The summed E-state index contributed by atoms with van der Waals surface area (Å²) in [6.45, 7) is 0. The van der Waals surface area contributed by atoms with Crippen molar-refractivity contribution in [1.29, 1.82) is 0 Å². The van der Waals surface area contributed by atoms with Crippen LogP contribution in [0.15, 0.2) is 41.8 Å². The minimum Gasteiger partial charge on any atom is -0.149 e. The normalized spacial score (nSPS) is 10.4. The molecule has 2 rings (SSSR count). The molecule has 0 amide bonds. The lowest BCUT2D eigenvalue weighted by molar-refractivity contribution is 1.18. The average Bonchev–Trinajstić information content (AvgIpc) is 2.70. The first-order valence-corrected chi connectivity index (χ1v) is 6.41. The lowest BCUT2D eigenvalue weighted by Gasteiger charge is -1.99. The molecule has 2 heteroatoms. The summed E-state index contributed by atoms with van der Waals surface area (Å²) in [5.41, 5.74) is 1.37. The number of rotatable bonds is 3. The lowest BCUT2D eigenvalue weighted by atomic mass is 10.1. The summed E-state index contributed by atoms with van der Waals surface area (Å²) in [5, 5.41) is 2.11. The summed E-state index contributed by atoms with van der Waals surface area (Å²) >= 11 is 4.12. The molecule has 0 nitrogen and oxygen atoms in total. The van der Waals surface area contributed by atoms with Gasteiger partial charge in [0.05, 0.1) is 0 Å². The quantitative estimate of drug-likeness (QED) is 0.747. The van der Waals surface area contributed by atoms with Crippen LogP contribution in [0.3, 0.4) is 0 Å². The third kappa shape index (κ3) is 2.82. The van der Waals surface area contributed by atoms with E-state index in [-0.39, 0.29) is 0 Å². The summed E-state index contributed by atoms with van der Waals surface area (Å²) in [6, 6.07) is 12.9. The Kier molecular flexibility index (Phi) is 3.59. The molecule has 1 aromatic heterocycles. The first-order chi connectivity index (χ1) is 6.84. The van der Waals surface area contributed by atoms with Crippen molar-refractivity contribution in [1.82, 2.24) is 0 Å². The summed E-state index contributed by atoms with van der Waals surface area (Å²) in [5.74, 6) is 0. The number of hydrogen-bond acceptors (Lipinski definition) is 1. The summed E-state index contributed by atoms with van der Waals surface area (Å²) in [4.78, 5) is 1.35. The molecule has 0 N–H and O–H groups in total. The maximum atomic E-state index is 2.33. The van der Waals surface area contributed by atoms with Gasteiger partial charge in [0.25, 0.3) is 0 Å². The highest BCUT2D eigenvalue weighted by molar-refractivity contribution is 14.1. The minimum atomic E-state index is 1.03. The summed E-state index contributed by atoms with van der Waals surface area (Å²) in [7, 11) is 0. The van der Waals surface area contributed by atoms with Crippen molar-refractivity contribution in [3.05, 3.63) is 62.2 Å². The topological polar surface area (TPSA) is 0 Å². The van der Waals surface area contributed by atoms with Crippen molar-refractivity contribution in [3.63, 3.8) is 0 Å². The molecule has 1 aromatic carbocycles. The predicted molar refractivity (Wildman–Crippen MR) is 70.6 cm³/mol. The number of benzene rings is 1. The average molecular weight is 313 g/mol. The Bertz CT molecular complexity index is 375. The molecule has 0 saturated heterocycles. The number of halogens is 1. The van der Waals surface area contributed by atoms with Gasteiger partial charge < -0.3 is 0 Å². The van der Waals surface area contributed by atoms with Crippen LogP contribution in [0.5, 0.6) is 0 Å². The van der Waals surface area contributed by atoms with E-state index >= 15 is 0 Å². The van der Waals surface area contributed by atoms with Crippen molar-refractivity contribution in [2.24, 2.45) is 0 Å². The molecule has 0 aliphatic rings. The van der Waals surface area contributed by atoms with E-state index < -0.39 is 0 Å². The molecular weight excluding hydrogens is 303 g/mol. The van der Waals surface area contributed by atoms with E-state index in [0.717, 1.165) is 6.42 Å². The Morgan fingerprint density at radius 2 is 1.93 bits per heavy atom. The Hall–Kier alpha value is -0.350. The van der Waals surface area contributed by atoms with E-state index in [1.807, 2.05) is 0 Å². The minimum absolute atomic E-state index is 1.03. The maximum absolute atomic E-state index is 2.33. The van der Waals surface area contributed by atoms with Crippen LogP contribution in [-0.2, 0) is 6.42 Å². The fraction of sp³-hybridized carbons (Fsp3) is 0.0833. The predicted octanol–water partition coefficient (Wildman–Crippen LogP) is 4.15. The molecule has 71 valence electrons. The van der Waals surface area contributed by atoms with E-state index in [1.165, 1.54) is 14.0 Å². The Labute approximate surface area is 102 Å². The van der Waals surface area contributed by atoms with E-state index in [0.29, 0.717) is 0 Å². The van der Waals surface area contributed by atoms with E-state index in [4.69, 9.17) is 0 Å². The molecule has 14 heavy (non-hydrogen) atoms. The van der Waals surface area contributed by atoms with Crippen LogP contribution >= 0.6 is 33.9 Å². The van der Waals surface area contributed by atoms with Crippen LogP contribution in [-0.4, -0.2) is 0 Å². The molecule has 0 fully saturated rings. The van der Waals surface area contributed by atoms with Crippen molar-refractivity contribution in [3.8, 4) is 0 Å². The van der Waals surface area contributed by atoms with Gasteiger partial charge in [0.2, 0.25) is 0 Å². The lowest BCUT2D eigenvalue weighted by Crippen LogP contribution is -1.85. The summed E-state index contributed by atoms with van der Waals surface area (Å²) < 4.78 is 1.29. The van der Waals surface area contributed by atoms with Gasteiger partial charge in [-0.3, -0.25) is 0 Å². The molecule has 0 atom stereocenters. The zero-order valence-electron chi connectivity index (χ0n) is 7.61.